The highest BCUT2D eigenvalue weighted by atomic mass is 35.5. The van der Waals surface area contributed by atoms with Crippen molar-refractivity contribution < 1.29 is 23.4 Å². The SMILES string of the molecule is COCc1c(C(=O)OCCOc2ccc(Cl)cc2Cl)oc2ccccc12. The number of halogens is 2. The molecule has 0 spiro atoms. The number of hydrogen-bond acceptors (Lipinski definition) is 5. The molecule has 0 amide bonds. The summed E-state index contributed by atoms with van der Waals surface area (Å²) in [5.41, 5.74) is 1.27. The second kappa shape index (κ2) is 8.45. The second-order valence-corrected chi connectivity index (χ2v) is 6.24. The number of para-hydroxylation sites is 1. The van der Waals surface area contributed by atoms with Gasteiger partial charge in [0.1, 0.15) is 24.5 Å². The Kier molecular flexibility index (Phi) is 6.04. The van der Waals surface area contributed by atoms with E-state index in [0.717, 1.165) is 5.39 Å². The van der Waals surface area contributed by atoms with Crippen molar-refractivity contribution in [3.8, 4) is 5.75 Å². The Morgan fingerprint density at radius 1 is 1.12 bits per heavy atom. The molecule has 0 aliphatic rings. The highest BCUT2D eigenvalue weighted by molar-refractivity contribution is 6.35. The lowest BCUT2D eigenvalue weighted by molar-refractivity contribution is 0.0412. The van der Waals surface area contributed by atoms with E-state index in [1.165, 1.54) is 0 Å². The molecule has 0 saturated heterocycles. The molecule has 1 aromatic heterocycles. The van der Waals surface area contributed by atoms with Crippen molar-refractivity contribution in [3.05, 3.63) is 63.8 Å². The first-order valence-electron chi connectivity index (χ1n) is 7.84. The first-order valence-corrected chi connectivity index (χ1v) is 8.60. The molecule has 3 aromatic rings. The lowest BCUT2D eigenvalue weighted by atomic mass is 10.1. The van der Waals surface area contributed by atoms with Crippen LogP contribution in [0.1, 0.15) is 16.1 Å². The highest BCUT2D eigenvalue weighted by Gasteiger charge is 2.21. The Morgan fingerprint density at radius 2 is 1.92 bits per heavy atom. The van der Waals surface area contributed by atoms with Gasteiger partial charge in [-0.25, -0.2) is 4.79 Å². The first kappa shape index (κ1) is 18.6. The van der Waals surface area contributed by atoms with E-state index in [1.807, 2.05) is 18.2 Å². The Labute approximate surface area is 160 Å². The molecule has 0 unspecified atom stereocenters. The predicted molar refractivity (Wildman–Crippen MR) is 99.2 cm³/mol. The summed E-state index contributed by atoms with van der Waals surface area (Å²) in [6.07, 6.45) is 0. The lowest BCUT2D eigenvalue weighted by Crippen LogP contribution is -2.13. The third-order valence-electron chi connectivity index (χ3n) is 3.64. The van der Waals surface area contributed by atoms with Crippen LogP contribution in [0.3, 0.4) is 0 Å². The summed E-state index contributed by atoms with van der Waals surface area (Å²) < 4.78 is 21.5. The van der Waals surface area contributed by atoms with Crippen molar-refractivity contribution in [2.75, 3.05) is 20.3 Å². The van der Waals surface area contributed by atoms with Gasteiger partial charge in [-0.2, -0.15) is 0 Å². The Morgan fingerprint density at radius 3 is 2.69 bits per heavy atom. The highest BCUT2D eigenvalue weighted by Crippen LogP contribution is 2.28. The van der Waals surface area contributed by atoms with Gasteiger partial charge < -0.3 is 18.6 Å². The summed E-state index contributed by atoms with van der Waals surface area (Å²) in [6.45, 7) is 0.437. The number of carbonyl (C=O) groups is 1. The molecule has 0 saturated carbocycles. The van der Waals surface area contributed by atoms with Gasteiger partial charge >= 0.3 is 5.97 Å². The Hall–Kier alpha value is -2.21. The molecule has 2 aromatic carbocycles. The van der Waals surface area contributed by atoms with Gasteiger partial charge in [-0.05, 0) is 24.3 Å². The van der Waals surface area contributed by atoms with Crippen LogP contribution < -0.4 is 4.74 Å². The maximum Gasteiger partial charge on any atom is 0.374 e. The molecule has 3 rings (SSSR count). The third-order valence-corrected chi connectivity index (χ3v) is 4.17. The summed E-state index contributed by atoms with van der Waals surface area (Å²) in [4.78, 5) is 12.4. The number of hydrogen-bond donors (Lipinski definition) is 0. The molecule has 26 heavy (non-hydrogen) atoms. The van der Waals surface area contributed by atoms with E-state index < -0.39 is 5.97 Å². The predicted octanol–water partition coefficient (Wildman–Crippen LogP) is 5.12. The van der Waals surface area contributed by atoms with Gasteiger partial charge in [-0.15, -0.1) is 0 Å². The Bertz CT molecular complexity index is 919. The molecule has 0 aliphatic carbocycles. The summed E-state index contributed by atoms with van der Waals surface area (Å²) in [7, 11) is 1.56. The fourth-order valence-corrected chi connectivity index (χ4v) is 2.96. The van der Waals surface area contributed by atoms with E-state index in [2.05, 4.69) is 0 Å². The number of methoxy groups -OCH3 is 1. The monoisotopic (exact) mass is 394 g/mol. The van der Waals surface area contributed by atoms with E-state index in [9.17, 15) is 4.79 Å². The number of benzene rings is 2. The summed E-state index contributed by atoms with van der Waals surface area (Å²) in [5.74, 6) is 0.0348. The minimum Gasteiger partial charge on any atom is -0.488 e. The van der Waals surface area contributed by atoms with Crippen molar-refractivity contribution in [1.82, 2.24) is 0 Å². The van der Waals surface area contributed by atoms with Crippen LogP contribution in [-0.4, -0.2) is 26.3 Å². The van der Waals surface area contributed by atoms with Crippen molar-refractivity contribution in [2.45, 2.75) is 6.61 Å². The molecular formula is C19H16Cl2O5. The molecule has 7 heteroatoms. The van der Waals surface area contributed by atoms with Gasteiger partial charge in [0.05, 0.1) is 11.6 Å². The van der Waals surface area contributed by atoms with E-state index >= 15 is 0 Å². The summed E-state index contributed by atoms with van der Waals surface area (Å²) in [5, 5.41) is 1.73. The van der Waals surface area contributed by atoms with E-state index in [4.69, 9.17) is 41.8 Å². The van der Waals surface area contributed by atoms with Crippen LogP contribution in [0.4, 0.5) is 0 Å². The molecule has 0 N–H and O–H groups in total. The van der Waals surface area contributed by atoms with Crippen LogP contribution in [0.5, 0.6) is 5.75 Å². The van der Waals surface area contributed by atoms with Crippen molar-refractivity contribution in [1.29, 1.82) is 0 Å². The van der Waals surface area contributed by atoms with Gasteiger partial charge in [-0.3, -0.25) is 0 Å². The Balaban J connectivity index is 1.63. The van der Waals surface area contributed by atoms with E-state index in [0.29, 0.717) is 26.9 Å². The topological polar surface area (TPSA) is 57.9 Å². The average Bonchev–Trinajstić information content (AvgIpc) is 2.99. The number of ether oxygens (including phenoxy) is 3. The maximum atomic E-state index is 12.4. The standard InChI is InChI=1S/C19H16Cl2O5/c1-23-11-14-13-4-2-3-5-16(13)26-18(14)19(22)25-9-8-24-17-7-6-12(20)10-15(17)21/h2-7,10H,8-9,11H2,1H3. The van der Waals surface area contributed by atoms with Crippen LogP contribution >= 0.6 is 23.2 Å². The zero-order valence-corrected chi connectivity index (χ0v) is 15.5. The normalized spacial score (nSPS) is 10.9. The van der Waals surface area contributed by atoms with Crippen LogP contribution in [0.2, 0.25) is 10.0 Å². The molecule has 0 radical (unpaired) electrons. The zero-order valence-electron chi connectivity index (χ0n) is 14.0. The van der Waals surface area contributed by atoms with Crippen LogP contribution in [-0.2, 0) is 16.1 Å². The molecule has 0 atom stereocenters. The van der Waals surface area contributed by atoms with Crippen molar-refractivity contribution in [2.24, 2.45) is 0 Å². The fraction of sp³-hybridized carbons (Fsp3) is 0.211. The van der Waals surface area contributed by atoms with Gasteiger partial charge in [-0.1, -0.05) is 41.4 Å². The second-order valence-electron chi connectivity index (χ2n) is 5.40. The third kappa shape index (κ3) is 4.12. The summed E-state index contributed by atoms with van der Waals surface area (Å²) >= 11 is 11.9. The smallest absolute Gasteiger partial charge is 0.374 e. The fourth-order valence-electron chi connectivity index (χ4n) is 2.50. The minimum absolute atomic E-state index is 0.0429. The van der Waals surface area contributed by atoms with Gasteiger partial charge in [0.2, 0.25) is 5.76 Å². The average molecular weight is 395 g/mol. The largest absolute Gasteiger partial charge is 0.488 e. The van der Waals surface area contributed by atoms with Crippen LogP contribution in [0.25, 0.3) is 11.0 Å². The number of esters is 1. The number of rotatable bonds is 7. The zero-order chi connectivity index (χ0) is 18.5. The molecule has 0 bridgehead atoms. The lowest BCUT2D eigenvalue weighted by Gasteiger charge is -2.09. The first-order chi connectivity index (χ1) is 12.6. The van der Waals surface area contributed by atoms with Crippen molar-refractivity contribution >= 4 is 40.1 Å². The summed E-state index contributed by atoms with van der Waals surface area (Å²) in [6, 6.07) is 12.3. The quantitative estimate of drug-likeness (QED) is 0.411. The van der Waals surface area contributed by atoms with E-state index in [-0.39, 0.29) is 25.6 Å². The molecular weight excluding hydrogens is 379 g/mol. The number of carbonyl (C=O) groups excluding carboxylic acids is 1. The van der Waals surface area contributed by atoms with Crippen LogP contribution in [0, 0.1) is 0 Å². The number of fused-ring (bicyclic) bond motifs is 1. The van der Waals surface area contributed by atoms with Gasteiger partial charge in [0, 0.05) is 23.1 Å². The maximum absolute atomic E-state index is 12.4. The van der Waals surface area contributed by atoms with Gasteiger partial charge in [0.15, 0.2) is 0 Å². The van der Waals surface area contributed by atoms with Gasteiger partial charge in [0.25, 0.3) is 0 Å². The molecule has 136 valence electrons. The minimum atomic E-state index is -0.570. The van der Waals surface area contributed by atoms with Crippen LogP contribution in [0.15, 0.2) is 46.9 Å². The molecule has 5 nitrogen and oxygen atoms in total. The van der Waals surface area contributed by atoms with Crippen molar-refractivity contribution in [3.63, 3.8) is 0 Å². The molecule has 0 fully saturated rings. The molecule has 1 heterocycles. The molecule has 0 aliphatic heterocycles. The van der Waals surface area contributed by atoms with E-state index in [1.54, 1.807) is 31.4 Å². The number of furan rings is 1.